The highest BCUT2D eigenvalue weighted by molar-refractivity contribution is 6.01. The predicted molar refractivity (Wildman–Crippen MR) is 108 cm³/mol. The van der Waals surface area contributed by atoms with Gasteiger partial charge in [-0.2, -0.15) is 0 Å². The molecule has 1 spiro atoms. The number of rotatable bonds is 3. The number of benzene rings is 1. The van der Waals surface area contributed by atoms with Gasteiger partial charge >= 0.3 is 0 Å². The summed E-state index contributed by atoms with van der Waals surface area (Å²) in [5.41, 5.74) is 4.83. The minimum absolute atomic E-state index is 0.0618. The summed E-state index contributed by atoms with van der Waals surface area (Å²) in [4.78, 5) is 17.8. The summed E-state index contributed by atoms with van der Waals surface area (Å²) in [7, 11) is 3.31. The van der Waals surface area contributed by atoms with Gasteiger partial charge in [-0.1, -0.05) is 17.7 Å². The van der Waals surface area contributed by atoms with Crippen molar-refractivity contribution in [2.24, 2.45) is 5.92 Å². The molecule has 4 heterocycles. The van der Waals surface area contributed by atoms with Gasteiger partial charge < -0.3 is 19.5 Å². The topological polar surface area (TPSA) is 62.2 Å². The normalized spacial score (nSPS) is 35.5. The Morgan fingerprint density at radius 3 is 2.83 bits per heavy atom. The average Bonchev–Trinajstić information content (AvgIpc) is 3.27. The molecule has 6 nitrogen and oxygen atoms in total. The Morgan fingerprint density at radius 1 is 1.28 bits per heavy atom. The number of carbonyl (C=O) groups is 1. The van der Waals surface area contributed by atoms with E-state index in [2.05, 4.69) is 21.9 Å². The van der Waals surface area contributed by atoms with E-state index in [1.165, 1.54) is 16.7 Å². The summed E-state index contributed by atoms with van der Waals surface area (Å²) < 4.78 is 11.2. The smallest absolute Gasteiger partial charge is 0.231 e. The number of anilines is 1. The number of piperidine rings is 1. The Kier molecular flexibility index (Phi) is 3.55. The van der Waals surface area contributed by atoms with Crippen LogP contribution in [0.2, 0.25) is 0 Å². The minimum atomic E-state index is -0.0853. The van der Waals surface area contributed by atoms with Crippen LogP contribution in [0.4, 0.5) is 5.69 Å². The maximum Gasteiger partial charge on any atom is 0.231 e. The Balaban J connectivity index is 1.62. The van der Waals surface area contributed by atoms with Crippen LogP contribution in [0.25, 0.3) is 0 Å². The second-order valence-corrected chi connectivity index (χ2v) is 8.83. The molecule has 0 radical (unpaired) electrons. The van der Waals surface area contributed by atoms with E-state index in [1.807, 2.05) is 12.1 Å². The van der Waals surface area contributed by atoms with Gasteiger partial charge in [-0.05, 0) is 36.6 Å². The standard InChI is InChI=1S/C23H26N2O4/c1-28-18-10-16-17(11-19(18)29-2)25-21(27)4-3-14-15-9-20-23(16,22(14)25)6-7-24(20)12-13(15)5-8-26/h3,5,10-11,15,20,22,26H,4,6-9,12H2,1-2H3/b13-5-/t15-,20-,22-,23+/m0/s1. The molecule has 2 saturated heterocycles. The fourth-order valence-corrected chi connectivity index (χ4v) is 6.98. The van der Waals surface area contributed by atoms with E-state index < -0.39 is 0 Å². The molecule has 3 fully saturated rings. The van der Waals surface area contributed by atoms with Gasteiger partial charge in [-0.15, -0.1) is 0 Å². The average molecular weight is 394 g/mol. The van der Waals surface area contributed by atoms with Gasteiger partial charge in [-0.3, -0.25) is 9.69 Å². The molecule has 6 heteroatoms. The van der Waals surface area contributed by atoms with Gasteiger partial charge in [-0.25, -0.2) is 0 Å². The second kappa shape index (κ2) is 5.86. The second-order valence-electron chi connectivity index (χ2n) is 8.83. The van der Waals surface area contributed by atoms with E-state index in [0.29, 0.717) is 24.1 Å². The molecule has 29 heavy (non-hydrogen) atoms. The van der Waals surface area contributed by atoms with Gasteiger partial charge in [0, 0.05) is 36.4 Å². The van der Waals surface area contributed by atoms with Crippen molar-refractivity contribution in [1.29, 1.82) is 0 Å². The van der Waals surface area contributed by atoms with Gasteiger partial charge in [0.1, 0.15) is 0 Å². The predicted octanol–water partition coefficient (Wildman–Crippen LogP) is 2.01. The monoisotopic (exact) mass is 394 g/mol. The van der Waals surface area contributed by atoms with Gasteiger partial charge in [0.2, 0.25) is 5.91 Å². The first-order chi connectivity index (χ1) is 14.1. The molecule has 5 aliphatic rings. The van der Waals surface area contributed by atoms with Crippen molar-refractivity contribution in [3.05, 3.63) is 41.0 Å². The molecule has 152 valence electrons. The fraction of sp³-hybridized carbons (Fsp3) is 0.522. The third-order valence-electron chi connectivity index (χ3n) is 8.00. The lowest BCUT2D eigenvalue weighted by molar-refractivity contribution is -0.118. The first-order valence-electron chi connectivity index (χ1n) is 10.5. The number of amides is 1. The summed E-state index contributed by atoms with van der Waals surface area (Å²) in [6.45, 7) is 2.00. The molecule has 1 aromatic rings. The molecule has 0 aromatic heterocycles. The lowest BCUT2D eigenvalue weighted by Crippen LogP contribution is -2.62. The molecule has 2 bridgehead atoms. The SMILES string of the molecule is COc1cc2c(cc1OC)[C@]13CCN4C/C(=C/CO)[C@H](C[C@H]41)C1=CCC(=O)N2[C@@H]13. The van der Waals surface area contributed by atoms with Gasteiger partial charge in [0.15, 0.2) is 11.5 Å². The van der Waals surface area contributed by atoms with E-state index >= 15 is 0 Å². The maximum absolute atomic E-state index is 13.2. The van der Waals surface area contributed by atoms with Crippen molar-refractivity contribution in [1.82, 2.24) is 4.90 Å². The Bertz CT molecular complexity index is 983. The number of hydrogen-bond acceptors (Lipinski definition) is 5. The molecule has 1 aromatic carbocycles. The lowest BCUT2D eigenvalue weighted by atomic mass is 9.57. The summed E-state index contributed by atoms with van der Waals surface area (Å²) in [5, 5.41) is 9.59. The van der Waals surface area contributed by atoms with E-state index in [1.54, 1.807) is 14.2 Å². The van der Waals surface area contributed by atoms with Crippen LogP contribution in [0, 0.1) is 5.92 Å². The Labute approximate surface area is 170 Å². The zero-order valence-corrected chi connectivity index (χ0v) is 16.9. The highest BCUT2D eigenvalue weighted by atomic mass is 16.5. The van der Waals surface area contributed by atoms with Crippen molar-refractivity contribution in [3.8, 4) is 11.5 Å². The summed E-state index contributed by atoms with van der Waals surface area (Å²) >= 11 is 0. The number of hydrogen-bond donors (Lipinski definition) is 1. The van der Waals surface area contributed by atoms with Crippen molar-refractivity contribution >= 4 is 11.6 Å². The molecule has 1 saturated carbocycles. The zero-order chi connectivity index (χ0) is 19.9. The first kappa shape index (κ1) is 17.5. The summed E-state index contributed by atoms with van der Waals surface area (Å²) in [6, 6.07) is 4.59. The number of aliphatic hydroxyl groups is 1. The molecular formula is C23H26N2O4. The highest BCUT2D eigenvalue weighted by Gasteiger charge is 2.67. The molecule has 6 rings (SSSR count). The largest absolute Gasteiger partial charge is 0.493 e. The Morgan fingerprint density at radius 2 is 2.07 bits per heavy atom. The first-order valence-corrected chi connectivity index (χ1v) is 10.5. The van der Waals surface area contributed by atoms with Crippen molar-refractivity contribution < 1.29 is 19.4 Å². The summed E-state index contributed by atoms with van der Waals surface area (Å²) in [6.07, 6.45) is 6.70. The number of fused-ring (bicyclic) bond motifs is 4. The van der Waals surface area contributed by atoms with Crippen molar-refractivity contribution in [2.45, 2.75) is 36.8 Å². The van der Waals surface area contributed by atoms with Crippen LogP contribution in [0.15, 0.2) is 35.4 Å². The zero-order valence-electron chi connectivity index (χ0n) is 16.9. The quantitative estimate of drug-likeness (QED) is 0.795. The van der Waals surface area contributed by atoms with Crippen LogP contribution in [-0.2, 0) is 10.2 Å². The molecule has 1 N–H and O–H groups in total. The molecule has 4 atom stereocenters. The van der Waals surface area contributed by atoms with Crippen LogP contribution in [0.1, 0.15) is 24.8 Å². The number of aliphatic hydroxyl groups excluding tert-OH is 1. The molecule has 1 aliphatic carbocycles. The number of methoxy groups -OCH3 is 2. The van der Waals surface area contributed by atoms with Crippen LogP contribution >= 0.6 is 0 Å². The van der Waals surface area contributed by atoms with Gasteiger partial charge in [0.05, 0.1) is 32.6 Å². The summed E-state index contributed by atoms with van der Waals surface area (Å²) in [5.74, 6) is 1.89. The molecular weight excluding hydrogens is 368 g/mol. The number of carbonyl (C=O) groups excluding carboxylic acids is 1. The molecule has 4 aliphatic heterocycles. The minimum Gasteiger partial charge on any atom is -0.493 e. The van der Waals surface area contributed by atoms with E-state index in [-0.39, 0.29) is 24.0 Å². The number of ether oxygens (including phenoxy) is 2. The van der Waals surface area contributed by atoms with E-state index in [9.17, 15) is 9.90 Å². The van der Waals surface area contributed by atoms with Crippen molar-refractivity contribution in [2.75, 3.05) is 38.8 Å². The van der Waals surface area contributed by atoms with E-state index in [0.717, 1.165) is 37.4 Å². The van der Waals surface area contributed by atoms with Crippen LogP contribution < -0.4 is 14.4 Å². The fourth-order valence-electron chi connectivity index (χ4n) is 6.98. The molecule has 1 amide bonds. The van der Waals surface area contributed by atoms with Gasteiger partial charge in [0.25, 0.3) is 0 Å². The van der Waals surface area contributed by atoms with Crippen molar-refractivity contribution in [3.63, 3.8) is 0 Å². The molecule has 0 unspecified atom stereocenters. The Hall–Kier alpha value is -2.31. The highest BCUT2D eigenvalue weighted by Crippen LogP contribution is 2.65. The maximum atomic E-state index is 13.2. The lowest BCUT2D eigenvalue weighted by Gasteiger charge is -2.54. The third kappa shape index (κ3) is 1.96. The van der Waals surface area contributed by atoms with E-state index in [4.69, 9.17) is 9.47 Å². The number of nitrogens with zero attached hydrogens (tertiary/aromatic N) is 2. The third-order valence-corrected chi connectivity index (χ3v) is 8.00. The van der Waals surface area contributed by atoms with Crippen LogP contribution in [-0.4, -0.2) is 61.9 Å². The van der Waals surface area contributed by atoms with Crippen LogP contribution in [0.5, 0.6) is 11.5 Å². The van der Waals surface area contributed by atoms with Crippen LogP contribution in [0.3, 0.4) is 0 Å².